The Hall–Kier alpha value is -1.91. The van der Waals surface area contributed by atoms with Crippen LogP contribution in [-0.2, 0) is 0 Å². The van der Waals surface area contributed by atoms with Gasteiger partial charge in [-0.15, -0.1) is 0 Å². The average Bonchev–Trinajstić information content (AvgIpc) is 2.71. The molecular formula is C8H9N5. The second kappa shape index (κ2) is 3.22. The maximum absolute atomic E-state index is 4.10. The normalized spacial score (nSPS) is 9.92. The van der Waals surface area contributed by atoms with E-state index in [-0.39, 0.29) is 0 Å². The van der Waals surface area contributed by atoms with Gasteiger partial charge in [-0.3, -0.25) is 5.10 Å². The van der Waals surface area contributed by atoms with Crippen LogP contribution in [0, 0.1) is 0 Å². The van der Waals surface area contributed by atoms with Crippen LogP contribution < -0.4 is 4.90 Å². The predicted molar refractivity (Wildman–Crippen MR) is 48.7 cm³/mol. The number of nitrogens with zero attached hydrogens (tertiary/aromatic N) is 4. The van der Waals surface area contributed by atoms with Crippen LogP contribution in [0.2, 0.25) is 0 Å². The zero-order valence-electron chi connectivity index (χ0n) is 7.18. The highest BCUT2D eigenvalue weighted by molar-refractivity contribution is 5.53. The van der Waals surface area contributed by atoms with Gasteiger partial charge in [-0.25, -0.2) is 9.97 Å². The van der Waals surface area contributed by atoms with E-state index in [0.29, 0.717) is 0 Å². The van der Waals surface area contributed by atoms with Crippen LogP contribution in [0.4, 0.5) is 11.6 Å². The van der Waals surface area contributed by atoms with Crippen molar-refractivity contribution in [3.05, 3.63) is 30.9 Å². The molecule has 2 heterocycles. The molecule has 0 bridgehead atoms. The number of aromatic amines is 1. The van der Waals surface area contributed by atoms with Gasteiger partial charge in [-0.05, 0) is 6.07 Å². The van der Waals surface area contributed by atoms with E-state index in [0.717, 1.165) is 11.6 Å². The molecule has 0 aromatic carbocycles. The summed E-state index contributed by atoms with van der Waals surface area (Å²) in [5.74, 6) is 1.73. The molecule has 5 nitrogen and oxygen atoms in total. The van der Waals surface area contributed by atoms with Crippen LogP contribution in [0.5, 0.6) is 0 Å². The van der Waals surface area contributed by atoms with Gasteiger partial charge < -0.3 is 4.90 Å². The third kappa shape index (κ3) is 1.48. The summed E-state index contributed by atoms with van der Waals surface area (Å²) in [6.07, 6.45) is 4.92. The molecule has 2 aromatic rings. The Morgan fingerprint density at radius 3 is 2.85 bits per heavy atom. The topological polar surface area (TPSA) is 57.7 Å². The maximum Gasteiger partial charge on any atom is 0.137 e. The van der Waals surface area contributed by atoms with Gasteiger partial charge in [0.05, 0.1) is 6.20 Å². The van der Waals surface area contributed by atoms with Crippen molar-refractivity contribution < 1.29 is 0 Å². The third-order valence-corrected chi connectivity index (χ3v) is 1.76. The first-order valence-electron chi connectivity index (χ1n) is 3.87. The van der Waals surface area contributed by atoms with Crippen LogP contribution in [0.25, 0.3) is 0 Å². The molecule has 0 saturated heterocycles. The minimum Gasteiger partial charge on any atom is -0.314 e. The second-order valence-electron chi connectivity index (χ2n) is 2.57. The number of hydrogen-bond acceptors (Lipinski definition) is 4. The molecular weight excluding hydrogens is 166 g/mol. The average molecular weight is 175 g/mol. The van der Waals surface area contributed by atoms with Gasteiger partial charge in [0, 0.05) is 19.3 Å². The molecule has 1 N–H and O–H groups in total. The highest BCUT2D eigenvalue weighted by atomic mass is 15.3. The lowest BCUT2D eigenvalue weighted by Gasteiger charge is -2.14. The third-order valence-electron chi connectivity index (χ3n) is 1.76. The standard InChI is InChI=1S/C8H9N5/c1-13(8-3-5-11-12-8)7-2-4-9-6-10-7/h2-6H,1H3,(H,11,12). The summed E-state index contributed by atoms with van der Waals surface area (Å²) in [7, 11) is 1.91. The number of anilines is 2. The molecule has 0 spiro atoms. The summed E-state index contributed by atoms with van der Waals surface area (Å²) >= 11 is 0. The van der Waals surface area contributed by atoms with Crippen molar-refractivity contribution in [1.29, 1.82) is 0 Å². The second-order valence-corrected chi connectivity index (χ2v) is 2.57. The first-order valence-corrected chi connectivity index (χ1v) is 3.87. The van der Waals surface area contributed by atoms with E-state index in [1.165, 1.54) is 6.33 Å². The van der Waals surface area contributed by atoms with Gasteiger partial charge in [-0.2, -0.15) is 5.10 Å². The van der Waals surface area contributed by atoms with Gasteiger partial charge in [0.2, 0.25) is 0 Å². The Balaban J connectivity index is 2.29. The van der Waals surface area contributed by atoms with E-state index >= 15 is 0 Å². The summed E-state index contributed by atoms with van der Waals surface area (Å²) in [6.45, 7) is 0. The molecule has 2 rings (SSSR count). The zero-order valence-corrected chi connectivity index (χ0v) is 7.18. The van der Waals surface area contributed by atoms with Crippen LogP contribution in [0.1, 0.15) is 0 Å². The lowest BCUT2D eigenvalue weighted by molar-refractivity contribution is 1.01. The summed E-state index contributed by atoms with van der Waals surface area (Å²) < 4.78 is 0. The molecule has 0 aliphatic rings. The number of rotatable bonds is 2. The van der Waals surface area contributed by atoms with Crippen molar-refractivity contribution >= 4 is 11.6 Å². The van der Waals surface area contributed by atoms with E-state index < -0.39 is 0 Å². The molecule has 0 unspecified atom stereocenters. The Kier molecular flexibility index (Phi) is 1.91. The van der Waals surface area contributed by atoms with Gasteiger partial charge in [0.25, 0.3) is 0 Å². The highest BCUT2D eigenvalue weighted by Gasteiger charge is 2.04. The smallest absolute Gasteiger partial charge is 0.137 e. The van der Waals surface area contributed by atoms with Crippen LogP contribution in [0.3, 0.4) is 0 Å². The first kappa shape index (κ1) is 7.72. The Bertz CT molecular complexity index is 355. The van der Waals surface area contributed by atoms with E-state index in [9.17, 15) is 0 Å². The molecule has 2 aromatic heterocycles. The molecule has 5 heteroatoms. The Morgan fingerprint density at radius 2 is 2.23 bits per heavy atom. The first-order chi connectivity index (χ1) is 6.38. The van der Waals surface area contributed by atoms with Crippen molar-refractivity contribution in [2.75, 3.05) is 11.9 Å². The summed E-state index contributed by atoms with van der Waals surface area (Å²) in [6, 6.07) is 3.71. The van der Waals surface area contributed by atoms with Crippen LogP contribution in [-0.4, -0.2) is 27.2 Å². The van der Waals surface area contributed by atoms with Gasteiger partial charge in [0.1, 0.15) is 18.0 Å². The van der Waals surface area contributed by atoms with Crippen molar-refractivity contribution in [2.24, 2.45) is 0 Å². The van der Waals surface area contributed by atoms with Gasteiger partial charge in [0.15, 0.2) is 0 Å². The van der Waals surface area contributed by atoms with Crippen molar-refractivity contribution in [3.63, 3.8) is 0 Å². The fraction of sp³-hybridized carbons (Fsp3) is 0.125. The summed E-state index contributed by atoms with van der Waals surface area (Å²) in [5.41, 5.74) is 0. The van der Waals surface area contributed by atoms with Crippen molar-refractivity contribution in [3.8, 4) is 0 Å². The molecule has 0 fully saturated rings. The maximum atomic E-state index is 4.10. The minimum atomic E-state index is 0.833. The van der Waals surface area contributed by atoms with Crippen molar-refractivity contribution in [1.82, 2.24) is 20.2 Å². The molecule has 0 saturated carbocycles. The minimum absolute atomic E-state index is 0.833. The highest BCUT2D eigenvalue weighted by Crippen LogP contribution is 2.16. The summed E-state index contributed by atoms with van der Waals surface area (Å²) in [4.78, 5) is 9.84. The van der Waals surface area contributed by atoms with E-state index in [1.54, 1.807) is 12.4 Å². The fourth-order valence-corrected chi connectivity index (χ4v) is 1.04. The number of hydrogen-bond donors (Lipinski definition) is 1. The monoisotopic (exact) mass is 175 g/mol. The predicted octanol–water partition coefficient (Wildman–Crippen LogP) is 0.968. The van der Waals surface area contributed by atoms with Gasteiger partial charge in [-0.1, -0.05) is 0 Å². The van der Waals surface area contributed by atoms with Crippen molar-refractivity contribution in [2.45, 2.75) is 0 Å². The molecule has 0 radical (unpaired) electrons. The van der Waals surface area contributed by atoms with E-state index in [1.807, 2.05) is 24.1 Å². The molecule has 0 atom stereocenters. The van der Waals surface area contributed by atoms with Crippen LogP contribution in [0.15, 0.2) is 30.9 Å². The van der Waals surface area contributed by atoms with E-state index in [2.05, 4.69) is 20.2 Å². The quantitative estimate of drug-likeness (QED) is 0.738. The van der Waals surface area contributed by atoms with E-state index in [4.69, 9.17) is 0 Å². The molecule has 66 valence electrons. The Labute approximate surface area is 75.4 Å². The fourth-order valence-electron chi connectivity index (χ4n) is 1.04. The lowest BCUT2D eigenvalue weighted by Crippen LogP contribution is -2.11. The zero-order chi connectivity index (χ0) is 9.10. The number of aromatic nitrogens is 4. The summed E-state index contributed by atoms with van der Waals surface area (Å²) in [5, 5.41) is 6.71. The molecule has 0 amide bonds. The molecule has 0 aliphatic heterocycles. The SMILES string of the molecule is CN(c1ccncn1)c1ccn[nH]1. The molecule has 0 aliphatic carbocycles. The van der Waals surface area contributed by atoms with Crippen LogP contribution >= 0.6 is 0 Å². The number of H-pyrrole nitrogens is 1. The number of nitrogens with one attached hydrogen (secondary N) is 1. The largest absolute Gasteiger partial charge is 0.314 e. The lowest BCUT2D eigenvalue weighted by atomic mass is 10.5. The Morgan fingerprint density at radius 1 is 1.31 bits per heavy atom. The van der Waals surface area contributed by atoms with Gasteiger partial charge >= 0.3 is 0 Å². The molecule has 13 heavy (non-hydrogen) atoms.